The molecule has 0 aliphatic rings. The van der Waals surface area contributed by atoms with Gasteiger partial charge in [-0.3, -0.25) is 14.9 Å². The number of methoxy groups -OCH3 is 2. The molecule has 0 saturated heterocycles. The third-order valence-corrected chi connectivity index (χ3v) is 4.45. The van der Waals surface area contributed by atoms with Gasteiger partial charge in [0.2, 0.25) is 0 Å². The number of nitrogens with zero attached hydrogens (tertiary/aromatic N) is 2. The molecule has 30 heavy (non-hydrogen) atoms. The number of nitro benzene ring substituents is 1. The van der Waals surface area contributed by atoms with Gasteiger partial charge in [0.15, 0.2) is 11.5 Å². The van der Waals surface area contributed by atoms with Crippen molar-refractivity contribution in [2.75, 3.05) is 14.2 Å². The van der Waals surface area contributed by atoms with Crippen molar-refractivity contribution in [1.29, 1.82) is 5.26 Å². The van der Waals surface area contributed by atoms with Gasteiger partial charge in [0.25, 0.3) is 0 Å². The van der Waals surface area contributed by atoms with Crippen LogP contribution in [0, 0.1) is 21.4 Å². The number of ether oxygens (including phenoxy) is 2. The number of hydrogen-bond acceptors (Lipinski definition) is 6. The van der Waals surface area contributed by atoms with Gasteiger partial charge >= 0.3 is 11.9 Å². The predicted octanol–water partition coefficient (Wildman–Crippen LogP) is 4.06. The lowest BCUT2D eigenvalue weighted by molar-refractivity contribution is -0.386. The fourth-order valence-corrected chi connectivity index (χ4v) is 2.99. The lowest BCUT2D eigenvalue weighted by Gasteiger charge is -2.19. The number of carbonyl (C=O) groups excluding carboxylic acids is 1. The summed E-state index contributed by atoms with van der Waals surface area (Å²) in [7, 11) is 2.43. The summed E-state index contributed by atoms with van der Waals surface area (Å²) < 4.78 is 49.0. The van der Waals surface area contributed by atoms with E-state index >= 15 is 0 Å². The number of hydrogen-bond donors (Lipinski definition) is 0. The van der Waals surface area contributed by atoms with Crippen molar-refractivity contribution < 1.29 is 32.4 Å². The first-order valence-electron chi connectivity index (χ1n) is 8.57. The van der Waals surface area contributed by atoms with E-state index in [-0.39, 0.29) is 29.0 Å². The van der Waals surface area contributed by atoms with Crippen LogP contribution in [-0.2, 0) is 22.1 Å². The van der Waals surface area contributed by atoms with Crippen molar-refractivity contribution in [3.8, 4) is 11.8 Å². The Morgan fingerprint density at radius 1 is 1.23 bits per heavy atom. The highest BCUT2D eigenvalue weighted by molar-refractivity contribution is 5.92. The molecular weight excluding hydrogens is 405 g/mol. The van der Waals surface area contributed by atoms with Crippen molar-refractivity contribution in [2.24, 2.45) is 0 Å². The second-order valence-corrected chi connectivity index (χ2v) is 6.24. The molecule has 0 heterocycles. The van der Waals surface area contributed by atoms with Gasteiger partial charge in [-0.05, 0) is 17.7 Å². The molecule has 2 unspecified atom stereocenters. The molecule has 0 saturated carbocycles. The Labute approximate surface area is 169 Å². The number of ketones is 1. The monoisotopic (exact) mass is 422 g/mol. The van der Waals surface area contributed by atoms with Crippen LogP contribution in [0.4, 0.5) is 18.9 Å². The molecule has 2 aromatic carbocycles. The zero-order valence-corrected chi connectivity index (χ0v) is 16.0. The van der Waals surface area contributed by atoms with E-state index < -0.39 is 34.5 Å². The third-order valence-electron chi connectivity index (χ3n) is 4.45. The van der Waals surface area contributed by atoms with Gasteiger partial charge < -0.3 is 9.47 Å². The second-order valence-electron chi connectivity index (χ2n) is 6.24. The lowest BCUT2D eigenvalue weighted by atomic mass is 9.89. The number of para-hydroxylation sites is 1. The Hall–Kier alpha value is -3.45. The molecule has 2 rings (SSSR count). The average molecular weight is 422 g/mol. The van der Waals surface area contributed by atoms with E-state index in [1.54, 1.807) is 6.07 Å². The summed E-state index contributed by atoms with van der Waals surface area (Å²) in [5, 5.41) is 20.9. The van der Waals surface area contributed by atoms with Crippen molar-refractivity contribution in [3.05, 3.63) is 69.3 Å². The first-order valence-corrected chi connectivity index (χ1v) is 8.57. The molecule has 7 nitrogen and oxygen atoms in total. The SMILES string of the molecule is COc1cccc(CC(OC)C(=O)C(C#N)c2cccc(C(F)(F)F)c2)c1[N+](=O)[O-]. The summed E-state index contributed by atoms with van der Waals surface area (Å²) in [5.74, 6) is -2.37. The number of nitro groups is 1. The van der Waals surface area contributed by atoms with Gasteiger partial charge in [-0.1, -0.05) is 30.3 Å². The van der Waals surface area contributed by atoms with Crippen LogP contribution >= 0.6 is 0 Å². The van der Waals surface area contributed by atoms with Crippen LogP contribution in [-0.4, -0.2) is 31.0 Å². The molecule has 0 N–H and O–H groups in total. The molecule has 0 amide bonds. The normalized spacial score (nSPS) is 13.2. The smallest absolute Gasteiger partial charge is 0.416 e. The Balaban J connectivity index is 2.39. The maximum atomic E-state index is 13.0. The van der Waals surface area contributed by atoms with E-state index in [1.165, 1.54) is 38.5 Å². The molecule has 0 fully saturated rings. The Bertz CT molecular complexity index is 985. The zero-order chi connectivity index (χ0) is 22.5. The number of halogens is 3. The van der Waals surface area contributed by atoms with Gasteiger partial charge in [0.1, 0.15) is 12.0 Å². The fourth-order valence-electron chi connectivity index (χ4n) is 2.99. The quantitative estimate of drug-likeness (QED) is 0.470. The van der Waals surface area contributed by atoms with Gasteiger partial charge in [0.05, 0.1) is 23.7 Å². The highest BCUT2D eigenvalue weighted by atomic mass is 19.4. The Morgan fingerprint density at radius 2 is 1.90 bits per heavy atom. The molecule has 0 bridgehead atoms. The molecule has 158 valence electrons. The zero-order valence-electron chi connectivity index (χ0n) is 16.0. The van der Waals surface area contributed by atoms with Crippen LogP contribution in [0.25, 0.3) is 0 Å². The first-order chi connectivity index (χ1) is 14.1. The highest BCUT2D eigenvalue weighted by Crippen LogP contribution is 2.34. The molecule has 2 aromatic rings. The first kappa shape index (κ1) is 22.8. The topological polar surface area (TPSA) is 102 Å². The minimum absolute atomic E-state index is 0.0190. The molecule has 0 aliphatic carbocycles. The molecule has 0 aliphatic heterocycles. The van der Waals surface area contributed by atoms with E-state index in [1.807, 2.05) is 0 Å². The largest absolute Gasteiger partial charge is 0.490 e. The molecule has 0 radical (unpaired) electrons. The minimum atomic E-state index is -4.64. The van der Waals surface area contributed by atoms with E-state index in [9.17, 15) is 33.3 Å². The van der Waals surface area contributed by atoms with E-state index in [0.29, 0.717) is 0 Å². The third kappa shape index (κ3) is 4.93. The molecule has 0 spiro atoms. The number of nitriles is 1. The summed E-state index contributed by atoms with van der Waals surface area (Å²) >= 11 is 0. The van der Waals surface area contributed by atoms with Crippen molar-refractivity contribution >= 4 is 11.5 Å². The maximum absolute atomic E-state index is 13.0. The van der Waals surface area contributed by atoms with Crippen molar-refractivity contribution in [2.45, 2.75) is 24.6 Å². The van der Waals surface area contributed by atoms with Gasteiger partial charge in [0, 0.05) is 19.1 Å². The molecular formula is C20H17F3N2O5. The lowest BCUT2D eigenvalue weighted by Crippen LogP contribution is -2.30. The van der Waals surface area contributed by atoms with Crippen LogP contribution < -0.4 is 4.74 Å². The molecule has 10 heteroatoms. The van der Waals surface area contributed by atoms with Gasteiger partial charge in [-0.15, -0.1) is 0 Å². The summed E-state index contributed by atoms with van der Waals surface area (Å²) in [6, 6.07) is 9.88. The van der Waals surface area contributed by atoms with E-state index in [0.717, 1.165) is 18.2 Å². The van der Waals surface area contributed by atoms with Crippen molar-refractivity contribution in [1.82, 2.24) is 0 Å². The summed E-state index contributed by atoms with van der Waals surface area (Å²) in [6.45, 7) is 0. The Kier molecular flexibility index (Phi) is 7.13. The molecule has 2 atom stereocenters. The molecule has 0 aromatic heterocycles. The number of benzene rings is 2. The number of rotatable bonds is 8. The van der Waals surface area contributed by atoms with Crippen LogP contribution in [0.2, 0.25) is 0 Å². The fraction of sp³-hybridized carbons (Fsp3) is 0.300. The summed E-state index contributed by atoms with van der Waals surface area (Å²) in [5.41, 5.74) is -1.37. The van der Waals surface area contributed by atoms with E-state index in [2.05, 4.69) is 0 Å². The van der Waals surface area contributed by atoms with E-state index in [4.69, 9.17) is 9.47 Å². The maximum Gasteiger partial charge on any atom is 0.416 e. The average Bonchev–Trinajstić information content (AvgIpc) is 2.71. The number of Topliss-reactive ketones (excluding diaryl/α,β-unsaturated/α-hetero) is 1. The van der Waals surface area contributed by atoms with Gasteiger partial charge in [-0.2, -0.15) is 18.4 Å². The van der Waals surface area contributed by atoms with Crippen LogP contribution in [0.5, 0.6) is 5.75 Å². The van der Waals surface area contributed by atoms with Crippen LogP contribution in [0.15, 0.2) is 42.5 Å². The van der Waals surface area contributed by atoms with Crippen LogP contribution in [0.3, 0.4) is 0 Å². The Morgan fingerprint density at radius 3 is 2.43 bits per heavy atom. The minimum Gasteiger partial charge on any atom is -0.490 e. The standard InChI is InChI=1S/C20H17F3N2O5/c1-29-16-8-4-6-13(18(16)25(27)28)10-17(30-2)19(26)15(11-24)12-5-3-7-14(9-12)20(21,22)23/h3-9,15,17H,10H2,1-2H3. The summed E-state index contributed by atoms with van der Waals surface area (Å²) in [6.07, 6.45) is -6.20. The predicted molar refractivity (Wildman–Crippen MR) is 99.0 cm³/mol. The summed E-state index contributed by atoms with van der Waals surface area (Å²) in [4.78, 5) is 23.6. The van der Waals surface area contributed by atoms with Gasteiger partial charge in [-0.25, -0.2) is 0 Å². The van der Waals surface area contributed by atoms with Crippen LogP contribution in [0.1, 0.15) is 22.6 Å². The van der Waals surface area contributed by atoms with Crippen molar-refractivity contribution in [3.63, 3.8) is 0 Å². The number of alkyl halides is 3. The highest BCUT2D eigenvalue weighted by Gasteiger charge is 2.34. The number of carbonyl (C=O) groups is 1. The second kappa shape index (κ2) is 9.37.